The van der Waals surface area contributed by atoms with Gasteiger partial charge in [0.05, 0.1) is 0 Å². The number of aromatic amines is 1. The second-order valence-corrected chi connectivity index (χ2v) is 4.19. The lowest BCUT2D eigenvalue weighted by atomic mass is 9.98. The van der Waals surface area contributed by atoms with Gasteiger partial charge in [-0.05, 0) is 5.92 Å². The molecule has 0 radical (unpaired) electrons. The van der Waals surface area contributed by atoms with Crippen molar-refractivity contribution < 1.29 is 0 Å². The number of hydrogen-bond acceptors (Lipinski definition) is 5. The molecule has 1 aliphatic rings. The van der Waals surface area contributed by atoms with Gasteiger partial charge in [0.1, 0.15) is 5.69 Å². The fourth-order valence-electron chi connectivity index (χ4n) is 1.82. The van der Waals surface area contributed by atoms with E-state index in [1.807, 2.05) is 0 Å². The fourth-order valence-corrected chi connectivity index (χ4v) is 1.82. The molecular formula is C10H17N5O. The quantitative estimate of drug-likeness (QED) is 0.589. The number of nitrogens with one attached hydrogen (secondary N) is 3. The number of H-pyrrole nitrogens is 1. The molecule has 2 unspecified atom stereocenters. The molecule has 2 heterocycles. The summed E-state index contributed by atoms with van der Waals surface area (Å²) in [5, 5.41) is 6.35. The van der Waals surface area contributed by atoms with Gasteiger partial charge in [0.15, 0.2) is 5.82 Å². The summed E-state index contributed by atoms with van der Waals surface area (Å²) < 4.78 is 0. The van der Waals surface area contributed by atoms with Crippen LogP contribution in [-0.2, 0) is 0 Å². The van der Waals surface area contributed by atoms with Gasteiger partial charge in [0.2, 0.25) is 5.95 Å². The zero-order valence-corrected chi connectivity index (χ0v) is 9.50. The van der Waals surface area contributed by atoms with Crippen LogP contribution < -0.4 is 21.9 Å². The van der Waals surface area contributed by atoms with Crippen molar-refractivity contribution in [2.75, 3.05) is 22.9 Å². The van der Waals surface area contributed by atoms with E-state index >= 15 is 0 Å². The third-order valence-electron chi connectivity index (χ3n) is 3.09. The molecular weight excluding hydrogens is 206 g/mol. The van der Waals surface area contributed by atoms with Gasteiger partial charge >= 0.3 is 0 Å². The Morgan fingerprint density at radius 1 is 1.62 bits per heavy atom. The maximum Gasteiger partial charge on any atom is 0.277 e. The largest absolute Gasteiger partial charge is 0.373 e. The molecule has 2 atom stereocenters. The van der Waals surface area contributed by atoms with Gasteiger partial charge in [-0.2, -0.15) is 4.98 Å². The van der Waals surface area contributed by atoms with E-state index in [0.717, 1.165) is 13.0 Å². The first-order valence-corrected chi connectivity index (χ1v) is 5.52. The second kappa shape index (κ2) is 4.03. The van der Waals surface area contributed by atoms with Crippen LogP contribution in [0.4, 0.5) is 17.5 Å². The average molecular weight is 223 g/mol. The maximum absolute atomic E-state index is 11.7. The normalized spacial score (nSPS) is 20.5. The number of nitrogens with zero attached hydrogens (tertiary/aromatic N) is 1. The van der Waals surface area contributed by atoms with E-state index in [0.29, 0.717) is 17.4 Å². The van der Waals surface area contributed by atoms with Crippen LogP contribution in [-0.4, -0.2) is 22.6 Å². The number of nitrogens with two attached hydrogens (primary N) is 1. The molecule has 1 aromatic rings. The van der Waals surface area contributed by atoms with E-state index in [1.54, 1.807) is 0 Å². The first-order chi connectivity index (χ1) is 7.61. The molecule has 1 aliphatic heterocycles. The molecule has 0 saturated carbocycles. The fraction of sp³-hybridized carbons (Fsp3) is 0.600. The smallest absolute Gasteiger partial charge is 0.277 e. The predicted octanol–water partition coefficient (Wildman–Crippen LogP) is 0.604. The first kappa shape index (κ1) is 10.8. The maximum atomic E-state index is 11.7. The van der Waals surface area contributed by atoms with Gasteiger partial charge in [-0.3, -0.25) is 9.78 Å². The van der Waals surface area contributed by atoms with Crippen LogP contribution in [0.1, 0.15) is 20.3 Å². The van der Waals surface area contributed by atoms with E-state index in [4.69, 9.17) is 5.73 Å². The molecule has 0 aromatic carbocycles. The molecule has 0 saturated heterocycles. The molecule has 1 aromatic heterocycles. The second-order valence-electron chi connectivity index (χ2n) is 4.19. The Bertz CT molecular complexity index is 441. The summed E-state index contributed by atoms with van der Waals surface area (Å²) in [4.78, 5) is 18.2. The highest BCUT2D eigenvalue weighted by Gasteiger charge is 2.24. The van der Waals surface area contributed by atoms with Crippen LogP contribution >= 0.6 is 0 Å². The van der Waals surface area contributed by atoms with Crippen LogP contribution in [0.15, 0.2) is 4.79 Å². The number of fused-ring (bicyclic) bond motifs is 1. The molecule has 6 heteroatoms. The van der Waals surface area contributed by atoms with E-state index in [9.17, 15) is 4.79 Å². The molecule has 0 bridgehead atoms. The summed E-state index contributed by atoms with van der Waals surface area (Å²) >= 11 is 0. The van der Waals surface area contributed by atoms with Crippen LogP contribution in [0, 0.1) is 5.92 Å². The molecule has 0 fully saturated rings. The van der Waals surface area contributed by atoms with Crippen molar-refractivity contribution >= 4 is 17.5 Å². The Morgan fingerprint density at radius 2 is 2.38 bits per heavy atom. The summed E-state index contributed by atoms with van der Waals surface area (Å²) in [6, 6.07) is 0.254. The van der Waals surface area contributed by atoms with Crippen molar-refractivity contribution in [3.05, 3.63) is 10.4 Å². The molecule has 0 spiro atoms. The molecule has 0 aliphatic carbocycles. The summed E-state index contributed by atoms with van der Waals surface area (Å²) in [7, 11) is 0. The Balaban J connectivity index is 2.30. The van der Waals surface area contributed by atoms with Crippen molar-refractivity contribution in [3.63, 3.8) is 0 Å². The lowest BCUT2D eigenvalue weighted by molar-refractivity contribution is 0.476. The minimum atomic E-state index is -0.219. The van der Waals surface area contributed by atoms with Gasteiger partial charge in [-0.15, -0.1) is 0 Å². The minimum absolute atomic E-state index is 0.139. The molecule has 88 valence electrons. The Labute approximate surface area is 93.7 Å². The van der Waals surface area contributed by atoms with Gasteiger partial charge in [0.25, 0.3) is 5.56 Å². The highest BCUT2D eigenvalue weighted by Crippen LogP contribution is 2.23. The number of nitrogen functional groups attached to an aromatic ring is 1. The van der Waals surface area contributed by atoms with Crippen molar-refractivity contribution in [2.45, 2.75) is 26.3 Å². The van der Waals surface area contributed by atoms with Crippen LogP contribution in [0.25, 0.3) is 0 Å². The number of rotatable bonds is 2. The van der Waals surface area contributed by atoms with E-state index in [-0.39, 0.29) is 17.5 Å². The van der Waals surface area contributed by atoms with E-state index < -0.39 is 0 Å². The number of hydrogen-bond donors (Lipinski definition) is 4. The highest BCUT2D eigenvalue weighted by molar-refractivity contribution is 5.67. The molecule has 0 amide bonds. The molecule has 5 N–H and O–H groups in total. The van der Waals surface area contributed by atoms with Crippen molar-refractivity contribution in [2.24, 2.45) is 5.92 Å². The topological polar surface area (TPSA) is 95.8 Å². The zero-order valence-electron chi connectivity index (χ0n) is 9.50. The van der Waals surface area contributed by atoms with Crippen LogP contribution in [0.5, 0.6) is 0 Å². The Morgan fingerprint density at radius 3 is 3.06 bits per heavy atom. The third kappa shape index (κ3) is 1.82. The SMILES string of the molecule is CCC(C)C1CNc2nc(N)[nH]c(=O)c2N1. The van der Waals surface area contributed by atoms with Crippen LogP contribution in [0.2, 0.25) is 0 Å². The molecule has 16 heavy (non-hydrogen) atoms. The lowest BCUT2D eigenvalue weighted by Crippen LogP contribution is -2.41. The standard InChI is InChI=1S/C10H17N5O/c1-3-5(2)6-4-12-8-7(13-6)9(16)15-10(11)14-8/h5-6,13H,3-4H2,1-2H3,(H4,11,12,14,15,16). The summed E-state index contributed by atoms with van der Waals surface area (Å²) in [6.07, 6.45) is 1.06. The minimum Gasteiger partial charge on any atom is -0.373 e. The zero-order chi connectivity index (χ0) is 11.7. The first-order valence-electron chi connectivity index (χ1n) is 5.52. The van der Waals surface area contributed by atoms with Gasteiger partial charge in [0, 0.05) is 12.6 Å². The van der Waals surface area contributed by atoms with E-state index in [1.165, 1.54) is 0 Å². The number of aromatic nitrogens is 2. The summed E-state index contributed by atoms with van der Waals surface area (Å²) in [5.74, 6) is 1.18. The monoisotopic (exact) mass is 223 g/mol. The molecule has 6 nitrogen and oxygen atoms in total. The van der Waals surface area contributed by atoms with Crippen LogP contribution in [0.3, 0.4) is 0 Å². The Kier molecular flexibility index (Phi) is 2.72. The van der Waals surface area contributed by atoms with Gasteiger partial charge in [-0.1, -0.05) is 20.3 Å². The van der Waals surface area contributed by atoms with Crippen molar-refractivity contribution in [1.29, 1.82) is 0 Å². The highest BCUT2D eigenvalue weighted by atomic mass is 16.1. The molecule has 2 rings (SSSR count). The third-order valence-corrected chi connectivity index (χ3v) is 3.09. The summed E-state index contributed by atoms with van der Waals surface area (Å²) in [5.41, 5.74) is 5.74. The van der Waals surface area contributed by atoms with E-state index in [2.05, 4.69) is 34.4 Å². The Hall–Kier alpha value is -1.72. The van der Waals surface area contributed by atoms with Gasteiger partial charge in [-0.25, -0.2) is 0 Å². The van der Waals surface area contributed by atoms with Gasteiger partial charge < -0.3 is 16.4 Å². The number of anilines is 3. The predicted molar refractivity (Wildman–Crippen MR) is 64.6 cm³/mol. The van der Waals surface area contributed by atoms with Crippen molar-refractivity contribution in [3.8, 4) is 0 Å². The average Bonchev–Trinajstić information content (AvgIpc) is 2.27. The summed E-state index contributed by atoms with van der Waals surface area (Å²) in [6.45, 7) is 5.05. The lowest BCUT2D eigenvalue weighted by Gasteiger charge is -2.30. The van der Waals surface area contributed by atoms with Crippen molar-refractivity contribution in [1.82, 2.24) is 9.97 Å².